The molecule has 0 saturated heterocycles. The molecule has 2 N–H and O–H groups in total. The van der Waals surface area contributed by atoms with Gasteiger partial charge < -0.3 is 4.90 Å². The van der Waals surface area contributed by atoms with Crippen molar-refractivity contribution in [3.8, 4) is 0 Å². The largest absolute Gasteiger partial charge is 0.378 e. The van der Waals surface area contributed by atoms with Gasteiger partial charge in [0.1, 0.15) is 0 Å². The van der Waals surface area contributed by atoms with E-state index in [1.165, 1.54) is 11.8 Å². The fraction of sp³-hybridized carbons (Fsp3) is 0.222. The van der Waals surface area contributed by atoms with Gasteiger partial charge in [-0.05, 0) is 48.9 Å². The molecule has 2 amide bonds. The Kier molecular flexibility index (Phi) is 6.90. The standard InChI is InChI=1S/C18H20BrN3O2S/c1-12-9-14(19)7-8-16(12)25-11-17(23)20-21-18(24)13-5-4-6-15(10-13)22(2)3/h4-10H,11H2,1-3H3,(H,20,23)(H,21,24). The number of hydrazine groups is 1. The van der Waals surface area contributed by atoms with E-state index in [0.29, 0.717) is 5.56 Å². The van der Waals surface area contributed by atoms with Gasteiger partial charge in [-0.15, -0.1) is 11.8 Å². The average molecular weight is 422 g/mol. The summed E-state index contributed by atoms with van der Waals surface area (Å²) >= 11 is 4.84. The molecule has 0 unspecified atom stereocenters. The number of rotatable bonds is 5. The summed E-state index contributed by atoms with van der Waals surface area (Å²) in [6.45, 7) is 1.99. The number of carbonyl (C=O) groups is 2. The van der Waals surface area contributed by atoms with Crippen molar-refractivity contribution in [2.24, 2.45) is 0 Å². The Balaban J connectivity index is 1.85. The number of aryl methyl sites for hydroxylation is 1. The topological polar surface area (TPSA) is 61.4 Å². The van der Waals surface area contributed by atoms with Crippen molar-refractivity contribution in [2.75, 3.05) is 24.7 Å². The van der Waals surface area contributed by atoms with Gasteiger partial charge in [0.15, 0.2) is 0 Å². The molecule has 2 rings (SSSR count). The van der Waals surface area contributed by atoms with Gasteiger partial charge >= 0.3 is 0 Å². The van der Waals surface area contributed by atoms with E-state index in [1.54, 1.807) is 18.2 Å². The van der Waals surface area contributed by atoms with Crippen molar-refractivity contribution in [3.63, 3.8) is 0 Å². The van der Waals surface area contributed by atoms with Crippen LogP contribution in [0.3, 0.4) is 0 Å². The molecule has 25 heavy (non-hydrogen) atoms. The van der Waals surface area contributed by atoms with Crippen LogP contribution in [0.25, 0.3) is 0 Å². The Morgan fingerprint density at radius 3 is 2.56 bits per heavy atom. The van der Waals surface area contributed by atoms with Gasteiger partial charge in [-0.3, -0.25) is 20.4 Å². The lowest BCUT2D eigenvalue weighted by molar-refractivity contribution is -0.119. The first kappa shape index (κ1) is 19.3. The molecule has 132 valence electrons. The summed E-state index contributed by atoms with van der Waals surface area (Å²) in [5.41, 5.74) is 7.40. The number of nitrogens with zero attached hydrogens (tertiary/aromatic N) is 1. The maximum Gasteiger partial charge on any atom is 0.269 e. The Morgan fingerprint density at radius 2 is 1.88 bits per heavy atom. The third-order valence-electron chi connectivity index (χ3n) is 3.44. The van der Waals surface area contributed by atoms with E-state index in [0.717, 1.165) is 20.6 Å². The highest BCUT2D eigenvalue weighted by atomic mass is 79.9. The van der Waals surface area contributed by atoms with E-state index in [9.17, 15) is 9.59 Å². The van der Waals surface area contributed by atoms with Gasteiger partial charge in [0.25, 0.3) is 5.91 Å². The summed E-state index contributed by atoms with van der Waals surface area (Å²) in [7, 11) is 3.81. The second-order valence-electron chi connectivity index (χ2n) is 5.65. The van der Waals surface area contributed by atoms with Crippen molar-refractivity contribution >= 4 is 45.2 Å². The molecule has 0 saturated carbocycles. The zero-order chi connectivity index (χ0) is 18.4. The maximum atomic E-state index is 12.1. The predicted molar refractivity (Wildman–Crippen MR) is 106 cm³/mol. The number of halogens is 1. The summed E-state index contributed by atoms with van der Waals surface area (Å²) in [6, 6.07) is 13.1. The third kappa shape index (κ3) is 5.79. The molecule has 0 aliphatic carbocycles. The number of carbonyl (C=O) groups excluding carboxylic acids is 2. The summed E-state index contributed by atoms with van der Waals surface area (Å²) < 4.78 is 1.01. The number of benzene rings is 2. The second-order valence-corrected chi connectivity index (χ2v) is 7.58. The molecular formula is C18H20BrN3O2S. The van der Waals surface area contributed by atoms with E-state index >= 15 is 0 Å². The molecule has 0 heterocycles. The van der Waals surface area contributed by atoms with Gasteiger partial charge in [0.2, 0.25) is 5.91 Å². The minimum atomic E-state index is -0.345. The summed E-state index contributed by atoms with van der Waals surface area (Å²) in [6.07, 6.45) is 0. The first-order chi connectivity index (χ1) is 11.9. The molecule has 0 fully saturated rings. The first-order valence-corrected chi connectivity index (χ1v) is 9.40. The van der Waals surface area contributed by atoms with Crippen LogP contribution in [0.1, 0.15) is 15.9 Å². The molecule has 0 atom stereocenters. The lowest BCUT2D eigenvalue weighted by atomic mass is 10.2. The van der Waals surface area contributed by atoms with Crippen molar-refractivity contribution in [1.82, 2.24) is 10.9 Å². The molecule has 2 aromatic rings. The van der Waals surface area contributed by atoms with E-state index in [2.05, 4.69) is 26.8 Å². The smallest absolute Gasteiger partial charge is 0.269 e. The minimum absolute atomic E-state index is 0.223. The highest BCUT2D eigenvalue weighted by Gasteiger charge is 2.09. The Morgan fingerprint density at radius 1 is 1.12 bits per heavy atom. The van der Waals surface area contributed by atoms with Crippen LogP contribution < -0.4 is 15.8 Å². The van der Waals surface area contributed by atoms with Gasteiger partial charge in [0.05, 0.1) is 5.75 Å². The van der Waals surface area contributed by atoms with Gasteiger partial charge in [-0.1, -0.05) is 22.0 Å². The normalized spacial score (nSPS) is 10.2. The molecule has 0 bridgehead atoms. The van der Waals surface area contributed by atoms with Crippen LogP contribution in [-0.2, 0) is 4.79 Å². The van der Waals surface area contributed by atoms with E-state index in [1.807, 2.05) is 50.2 Å². The van der Waals surface area contributed by atoms with E-state index in [4.69, 9.17) is 0 Å². The van der Waals surface area contributed by atoms with Crippen LogP contribution >= 0.6 is 27.7 Å². The molecule has 0 spiro atoms. The van der Waals surface area contributed by atoms with Crippen LogP contribution in [0, 0.1) is 6.92 Å². The molecule has 7 heteroatoms. The maximum absolute atomic E-state index is 12.1. The molecule has 0 aromatic heterocycles. The number of hydrogen-bond acceptors (Lipinski definition) is 4. The zero-order valence-corrected chi connectivity index (χ0v) is 16.7. The van der Waals surface area contributed by atoms with Gasteiger partial charge in [-0.2, -0.15) is 0 Å². The van der Waals surface area contributed by atoms with E-state index < -0.39 is 0 Å². The fourth-order valence-corrected chi connectivity index (χ4v) is 3.36. The summed E-state index contributed by atoms with van der Waals surface area (Å²) in [5.74, 6) is -0.383. The molecule has 0 aliphatic heterocycles. The monoisotopic (exact) mass is 421 g/mol. The van der Waals surface area contributed by atoms with Crippen molar-refractivity contribution in [1.29, 1.82) is 0 Å². The van der Waals surface area contributed by atoms with Crippen LogP contribution in [0.15, 0.2) is 51.8 Å². The summed E-state index contributed by atoms with van der Waals surface area (Å²) in [5, 5.41) is 0. The minimum Gasteiger partial charge on any atom is -0.378 e. The SMILES string of the molecule is Cc1cc(Br)ccc1SCC(=O)NNC(=O)c1cccc(N(C)C)c1. The van der Waals surface area contributed by atoms with Crippen molar-refractivity contribution < 1.29 is 9.59 Å². The number of nitrogens with one attached hydrogen (secondary N) is 2. The number of hydrogen-bond donors (Lipinski definition) is 2. The zero-order valence-electron chi connectivity index (χ0n) is 14.3. The highest BCUT2D eigenvalue weighted by molar-refractivity contribution is 9.10. The number of thioether (sulfide) groups is 1. The quantitative estimate of drug-likeness (QED) is 0.573. The Hall–Kier alpha value is -1.99. The number of amides is 2. The number of anilines is 1. The fourth-order valence-electron chi connectivity index (χ4n) is 2.08. The highest BCUT2D eigenvalue weighted by Crippen LogP contribution is 2.25. The molecule has 0 aliphatic rings. The van der Waals surface area contributed by atoms with Crippen LogP contribution in [0.4, 0.5) is 5.69 Å². The van der Waals surface area contributed by atoms with E-state index in [-0.39, 0.29) is 17.6 Å². The second kappa shape index (κ2) is 8.92. The Labute approximate surface area is 160 Å². The van der Waals surface area contributed by atoms with Crippen LogP contribution in [0.5, 0.6) is 0 Å². The van der Waals surface area contributed by atoms with Crippen LogP contribution in [0.2, 0.25) is 0 Å². The molecule has 0 radical (unpaired) electrons. The van der Waals surface area contributed by atoms with Crippen LogP contribution in [-0.4, -0.2) is 31.7 Å². The molecule has 5 nitrogen and oxygen atoms in total. The van der Waals surface area contributed by atoms with Gasteiger partial charge in [-0.25, -0.2) is 0 Å². The lowest BCUT2D eigenvalue weighted by Gasteiger charge is -2.13. The predicted octanol–water partition coefficient (Wildman–Crippen LogP) is 3.38. The summed E-state index contributed by atoms with van der Waals surface area (Å²) in [4.78, 5) is 27.0. The third-order valence-corrected chi connectivity index (χ3v) is 5.10. The van der Waals surface area contributed by atoms with Crippen molar-refractivity contribution in [3.05, 3.63) is 58.1 Å². The molecular weight excluding hydrogens is 402 g/mol. The molecule has 2 aromatic carbocycles. The Bertz CT molecular complexity index is 781. The average Bonchev–Trinajstić information content (AvgIpc) is 2.59. The van der Waals surface area contributed by atoms with Crippen molar-refractivity contribution in [2.45, 2.75) is 11.8 Å². The van der Waals surface area contributed by atoms with Gasteiger partial charge in [0, 0.05) is 34.7 Å². The first-order valence-electron chi connectivity index (χ1n) is 7.62. The lowest BCUT2D eigenvalue weighted by Crippen LogP contribution is -2.42.